The number of pyridine rings is 1. The Labute approximate surface area is 400 Å². The molecule has 9 aromatic carbocycles. The van der Waals surface area contributed by atoms with E-state index in [1.165, 1.54) is 44.5 Å². The lowest BCUT2D eigenvalue weighted by Gasteiger charge is -2.51. The number of aromatic nitrogens is 4. The maximum atomic E-state index is 6.96. The second-order valence-electron chi connectivity index (χ2n) is 18.0. The van der Waals surface area contributed by atoms with Gasteiger partial charge in [0.2, 0.25) is 0 Å². The highest BCUT2D eigenvalue weighted by Crippen LogP contribution is 2.67. The summed E-state index contributed by atoms with van der Waals surface area (Å²) >= 11 is 0. The molecule has 0 atom stereocenters. The van der Waals surface area contributed by atoms with E-state index in [0.717, 1.165) is 61.7 Å². The van der Waals surface area contributed by atoms with Crippen LogP contribution in [-0.2, 0) is 10.8 Å². The summed E-state index contributed by atoms with van der Waals surface area (Å²) in [5, 5.41) is 0. The predicted octanol–water partition coefficient (Wildman–Crippen LogP) is 14.8. The van der Waals surface area contributed by atoms with Crippen molar-refractivity contribution in [3.63, 3.8) is 0 Å². The largest absolute Gasteiger partial charge is 0.457 e. The van der Waals surface area contributed by atoms with Crippen LogP contribution in [0.1, 0.15) is 44.5 Å². The Kier molecular flexibility index (Phi) is 8.65. The second kappa shape index (κ2) is 15.2. The Morgan fingerprint density at radius 3 is 1.32 bits per heavy atom. The topological polar surface area (TPSA) is 60.8 Å². The third-order valence-corrected chi connectivity index (χ3v) is 14.5. The quantitative estimate of drug-likeness (QED) is 0.172. The smallest absolute Gasteiger partial charge is 0.164 e. The first-order chi connectivity index (χ1) is 34.2. The van der Waals surface area contributed by atoms with Crippen LogP contribution < -0.4 is 4.74 Å². The van der Waals surface area contributed by atoms with Gasteiger partial charge in [0, 0.05) is 39.6 Å². The molecule has 0 saturated heterocycles. The van der Waals surface area contributed by atoms with Gasteiger partial charge < -0.3 is 4.74 Å². The number of benzene rings is 9. The molecule has 0 saturated carbocycles. The molecule has 3 heterocycles. The zero-order valence-corrected chi connectivity index (χ0v) is 37.3. The summed E-state index contributed by atoms with van der Waals surface area (Å²) < 4.78 is 6.96. The van der Waals surface area contributed by atoms with E-state index in [1.807, 2.05) is 66.9 Å². The lowest BCUT2D eigenvalue weighted by molar-refractivity contribution is 0.429. The van der Waals surface area contributed by atoms with E-state index >= 15 is 0 Å². The zero-order chi connectivity index (χ0) is 45.5. The molecule has 5 nitrogen and oxygen atoms in total. The lowest BCUT2D eigenvalue weighted by Crippen LogP contribution is -2.45. The summed E-state index contributed by atoms with van der Waals surface area (Å²) in [6, 6.07) is 84.5. The summed E-state index contributed by atoms with van der Waals surface area (Å²) in [5.74, 6) is 3.49. The van der Waals surface area contributed by atoms with Gasteiger partial charge in [-0.2, -0.15) is 0 Å². The average molecular weight is 881 g/mol. The Bertz CT molecular complexity index is 3750. The van der Waals surface area contributed by atoms with Gasteiger partial charge in [-0.15, -0.1) is 0 Å². The molecule has 0 N–H and O–H groups in total. The molecule has 5 heteroatoms. The summed E-state index contributed by atoms with van der Waals surface area (Å²) in [6.07, 6.45) is 1.81. The fraction of sp³-hybridized carbons (Fsp3) is 0.0312. The monoisotopic (exact) mass is 880 g/mol. The number of rotatable bonds is 5. The summed E-state index contributed by atoms with van der Waals surface area (Å²) in [4.78, 5) is 20.0. The molecule has 0 fully saturated rings. The molecule has 2 aromatic heterocycles. The first-order valence-corrected chi connectivity index (χ1v) is 23.4. The van der Waals surface area contributed by atoms with Crippen LogP contribution in [0.25, 0.3) is 67.7 Å². The Balaban J connectivity index is 0.966. The van der Waals surface area contributed by atoms with Gasteiger partial charge in [0.25, 0.3) is 0 Å². The maximum absolute atomic E-state index is 6.96. The summed E-state index contributed by atoms with van der Waals surface area (Å²) in [6.45, 7) is 0. The van der Waals surface area contributed by atoms with E-state index in [2.05, 4.69) is 181 Å². The minimum atomic E-state index is -0.722. The van der Waals surface area contributed by atoms with Crippen LogP contribution in [0.3, 0.4) is 0 Å². The van der Waals surface area contributed by atoms with Gasteiger partial charge >= 0.3 is 0 Å². The van der Waals surface area contributed by atoms with Crippen molar-refractivity contribution in [1.29, 1.82) is 0 Å². The standard InChI is InChI=1S/C64H40N4O/c1-2-18-41(19-3-1)60-66-61(68-62(67-60)46-23-17-21-44(39-46)57-33-14-15-37-65-57)45-22-16-20-42(38-45)43-35-36-59-56(40-43)64(55-32-12-13-34-58(55)69-59)53-30-10-8-28-51(53)63(52-29-9-11-31-54(52)64)49-26-6-4-24-47(49)48-25-5-7-27-50(48)63/h1-40H. The van der Waals surface area contributed by atoms with E-state index < -0.39 is 10.8 Å². The van der Waals surface area contributed by atoms with Gasteiger partial charge in [-0.3, -0.25) is 4.98 Å². The van der Waals surface area contributed by atoms with Gasteiger partial charge in [-0.25, -0.2) is 15.0 Å². The third kappa shape index (κ3) is 5.71. The van der Waals surface area contributed by atoms with E-state index in [4.69, 9.17) is 19.7 Å². The van der Waals surface area contributed by atoms with Crippen molar-refractivity contribution in [2.45, 2.75) is 10.8 Å². The van der Waals surface area contributed by atoms with Crippen molar-refractivity contribution >= 4 is 0 Å². The van der Waals surface area contributed by atoms with Crippen molar-refractivity contribution in [1.82, 2.24) is 19.9 Å². The Morgan fingerprint density at radius 2 is 0.710 bits per heavy atom. The molecule has 1 aliphatic heterocycles. The van der Waals surface area contributed by atoms with Gasteiger partial charge in [0.1, 0.15) is 11.5 Å². The number of nitrogens with zero attached hydrogens (tertiary/aromatic N) is 4. The maximum Gasteiger partial charge on any atom is 0.164 e. The van der Waals surface area contributed by atoms with E-state index in [1.54, 1.807) is 0 Å². The van der Waals surface area contributed by atoms with Gasteiger partial charge in [-0.1, -0.05) is 194 Å². The SMILES string of the molecule is c1ccc(-c2nc(-c3cccc(-c4ccc5c(c4)C4(c6ccccc6O5)c5ccccc5C5(c6ccccc6-c6ccccc65)c5ccccc54)c3)nc(-c3cccc(-c4ccccn4)c3)n2)cc1. The highest BCUT2D eigenvalue weighted by atomic mass is 16.5. The first kappa shape index (κ1) is 39.1. The van der Waals surface area contributed by atoms with E-state index in [-0.39, 0.29) is 0 Å². The number of fused-ring (bicyclic) bond motifs is 15. The van der Waals surface area contributed by atoms with Crippen molar-refractivity contribution in [2.75, 3.05) is 0 Å². The molecule has 0 bridgehead atoms. The van der Waals surface area contributed by atoms with Gasteiger partial charge in [0.05, 0.1) is 16.5 Å². The minimum Gasteiger partial charge on any atom is -0.457 e. The summed E-state index contributed by atoms with van der Waals surface area (Å²) in [7, 11) is 0. The molecule has 2 spiro atoms. The Hall–Kier alpha value is -9.06. The van der Waals surface area contributed by atoms with E-state index in [0.29, 0.717) is 17.5 Å². The molecule has 0 amide bonds. The fourth-order valence-electron chi connectivity index (χ4n) is 11.7. The van der Waals surface area contributed by atoms with Gasteiger partial charge in [0.15, 0.2) is 17.5 Å². The van der Waals surface area contributed by atoms with Crippen LogP contribution in [0, 0.1) is 0 Å². The molecule has 0 radical (unpaired) electrons. The molecule has 14 rings (SSSR count). The second-order valence-corrected chi connectivity index (χ2v) is 18.0. The van der Waals surface area contributed by atoms with Crippen LogP contribution in [0.2, 0.25) is 0 Å². The molecule has 0 unspecified atom stereocenters. The van der Waals surface area contributed by atoms with Crippen LogP contribution >= 0.6 is 0 Å². The molecule has 3 aliphatic rings. The number of para-hydroxylation sites is 1. The zero-order valence-electron chi connectivity index (χ0n) is 37.3. The average Bonchev–Trinajstić information content (AvgIpc) is 3.73. The van der Waals surface area contributed by atoms with Gasteiger partial charge in [-0.05, 0) is 98.1 Å². The van der Waals surface area contributed by atoms with Crippen molar-refractivity contribution in [3.05, 3.63) is 287 Å². The molecular weight excluding hydrogens is 841 g/mol. The molecule has 11 aromatic rings. The van der Waals surface area contributed by atoms with Crippen LogP contribution in [0.15, 0.2) is 243 Å². The fourth-order valence-corrected chi connectivity index (χ4v) is 11.7. The van der Waals surface area contributed by atoms with Crippen LogP contribution in [0.4, 0.5) is 0 Å². The molecule has 322 valence electrons. The molecular formula is C64H40N4O. The third-order valence-electron chi connectivity index (χ3n) is 14.5. The van der Waals surface area contributed by atoms with Crippen molar-refractivity contribution in [3.8, 4) is 79.2 Å². The summed E-state index contributed by atoms with van der Waals surface area (Å²) in [5.41, 5.74) is 17.9. The Morgan fingerprint density at radius 1 is 0.275 bits per heavy atom. The first-order valence-electron chi connectivity index (χ1n) is 23.4. The normalized spacial score (nSPS) is 13.9. The molecule has 69 heavy (non-hydrogen) atoms. The van der Waals surface area contributed by atoms with Crippen molar-refractivity contribution in [2.24, 2.45) is 0 Å². The number of hydrogen-bond acceptors (Lipinski definition) is 5. The highest BCUT2D eigenvalue weighted by molar-refractivity contribution is 5.90. The molecule has 2 aliphatic carbocycles. The predicted molar refractivity (Wildman–Crippen MR) is 274 cm³/mol. The number of ether oxygens (including phenoxy) is 1. The number of hydrogen-bond donors (Lipinski definition) is 0. The van der Waals surface area contributed by atoms with Crippen molar-refractivity contribution < 1.29 is 4.74 Å². The van der Waals surface area contributed by atoms with Crippen LogP contribution in [-0.4, -0.2) is 19.9 Å². The lowest BCUT2D eigenvalue weighted by atomic mass is 9.51. The highest BCUT2D eigenvalue weighted by Gasteiger charge is 2.58. The minimum absolute atomic E-state index is 0.535. The van der Waals surface area contributed by atoms with E-state index in [9.17, 15) is 0 Å². The van der Waals surface area contributed by atoms with Crippen LogP contribution in [0.5, 0.6) is 11.5 Å².